The highest BCUT2D eigenvalue weighted by atomic mass is 16.7. The van der Waals surface area contributed by atoms with Crippen LogP contribution in [0, 0.1) is 0 Å². The van der Waals surface area contributed by atoms with Gasteiger partial charge in [-0.1, -0.05) is 26.0 Å². The molecule has 0 aliphatic rings. The average Bonchev–Trinajstić information content (AvgIpc) is 2.37. The smallest absolute Gasteiger partial charge is 0.189 e. The van der Waals surface area contributed by atoms with Crippen molar-refractivity contribution in [2.75, 3.05) is 19.9 Å². The molecule has 1 N–H and O–H groups in total. The van der Waals surface area contributed by atoms with Crippen LogP contribution >= 0.6 is 0 Å². The zero-order valence-corrected chi connectivity index (χ0v) is 11.0. The van der Waals surface area contributed by atoms with Crippen molar-refractivity contribution in [2.45, 2.75) is 33.2 Å². The predicted molar refractivity (Wildman–Crippen MR) is 70.3 cm³/mol. The van der Waals surface area contributed by atoms with Crippen molar-refractivity contribution in [3.63, 3.8) is 0 Å². The normalized spacial score (nSPS) is 12.4. The molecule has 0 fully saturated rings. The Bertz CT molecular complexity index is 298. The highest BCUT2D eigenvalue weighted by Crippen LogP contribution is 2.20. The largest absolute Gasteiger partial charge is 0.468 e. The van der Waals surface area contributed by atoms with Gasteiger partial charge >= 0.3 is 0 Å². The summed E-state index contributed by atoms with van der Waals surface area (Å²) in [4.78, 5) is 0. The fourth-order valence-corrected chi connectivity index (χ4v) is 1.73. The van der Waals surface area contributed by atoms with E-state index in [0.717, 1.165) is 18.7 Å². The van der Waals surface area contributed by atoms with Gasteiger partial charge in [-0.25, -0.2) is 0 Å². The van der Waals surface area contributed by atoms with Gasteiger partial charge in [-0.05, 0) is 37.6 Å². The zero-order valence-electron chi connectivity index (χ0n) is 11.0. The van der Waals surface area contributed by atoms with Gasteiger partial charge in [-0.3, -0.25) is 0 Å². The Balaban J connectivity index is 2.53. The van der Waals surface area contributed by atoms with E-state index in [2.05, 4.69) is 31.3 Å². The maximum Gasteiger partial charge on any atom is 0.189 e. The topological polar surface area (TPSA) is 30.5 Å². The molecule has 1 rings (SSSR count). The minimum Gasteiger partial charge on any atom is -0.468 e. The molecular weight excluding hydrogens is 214 g/mol. The van der Waals surface area contributed by atoms with Gasteiger partial charge in [0.25, 0.3) is 0 Å². The number of hydrogen-bond acceptors (Lipinski definition) is 3. The zero-order chi connectivity index (χ0) is 12.5. The lowest BCUT2D eigenvalue weighted by molar-refractivity contribution is 0.0224. The van der Waals surface area contributed by atoms with E-state index in [1.807, 2.05) is 19.1 Å². The summed E-state index contributed by atoms with van der Waals surface area (Å²) in [5.74, 6) is 0.855. The van der Waals surface area contributed by atoms with Gasteiger partial charge in [0.15, 0.2) is 6.79 Å². The minimum atomic E-state index is 0.320. The second-order valence-corrected chi connectivity index (χ2v) is 3.84. The molecule has 0 aromatic heterocycles. The summed E-state index contributed by atoms with van der Waals surface area (Å²) in [6.07, 6.45) is 1.09. The summed E-state index contributed by atoms with van der Waals surface area (Å²) in [7, 11) is 0. The van der Waals surface area contributed by atoms with Crippen molar-refractivity contribution in [1.29, 1.82) is 0 Å². The van der Waals surface area contributed by atoms with Crippen molar-refractivity contribution in [2.24, 2.45) is 0 Å². The van der Waals surface area contributed by atoms with Crippen LogP contribution in [0.3, 0.4) is 0 Å². The van der Waals surface area contributed by atoms with E-state index in [9.17, 15) is 0 Å². The van der Waals surface area contributed by atoms with Gasteiger partial charge in [0.1, 0.15) is 5.75 Å². The molecule has 1 unspecified atom stereocenters. The molecule has 3 heteroatoms. The van der Waals surface area contributed by atoms with Crippen LogP contribution in [0.2, 0.25) is 0 Å². The first kappa shape index (κ1) is 14.0. The third-order valence-corrected chi connectivity index (χ3v) is 2.65. The standard InChI is InChI=1S/C14H23NO2/c1-4-14(15-5-2)12-7-9-13(10-8-12)17-11-16-6-3/h7-10,14-15H,4-6,11H2,1-3H3. The lowest BCUT2D eigenvalue weighted by Crippen LogP contribution is -2.19. The van der Waals surface area contributed by atoms with Crippen LogP contribution in [0.4, 0.5) is 0 Å². The molecule has 17 heavy (non-hydrogen) atoms. The molecule has 1 aromatic rings. The molecule has 3 nitrogen and oxygen atoms in total. The summed E-state index contributed by atoms with van der Waals surface area (Å²) < 4.78 is 10.6. The van der Waals surface area contributed by atoms with Gasteiger partial charge in [-0.15, -0.1) is 0 Å². The Hall–Kier alpha value is -1.06. The molecule has 0 heterocycles. The third kappa shape index (κ3) is 4.75. The number of benzene rings is 1. The first-order valence-electron chi connectivity index (χ1n) is 6.35. The molecule has 0 spiro atoms. The van der Waals surface area contributed by atoms with E-state index in [1.54, 1.807) is 0 Å². The van der Waals surface area contributed by atoms with Crippen molar-refractivity contribution < 1.29 is 9.47 Å². The second kappa shape index (κ2) is 8.09. The van der Waals surface area contributed by atoms with Gasteiger partial charge in [-0.2, -0.15) is 0 Å². The van der Waals surface area contributed by atoms with Crippen LogP contribution in [-0.4, -0.2) is 19.9 Å². The Morgan fingerprint density at radius 2 is 1.82 bits per heavy atom. The number of rotatable bonds is 8. The van der Waals surface area contributed by atoms with Gasteiger partial charge in [0.2, 0.25) is 0 Å². The van der Waals surface area contributed by atoms with Crippen molar-refractivity contribution >= 4 is 0 Å². The highest BCUT2D eigenvalue weighted by molar-refractivity contribution is 5.29. The maximum absolute atomic E-state index is 5.43. The van der Waals surface area contributed by atoms with Crippen LogP contribution in [0.1, 0.15) is 38.8 Å². The number of nitrogens with one attached hydrogen (secondary N) is 1. The Labute approximate surface area is 104 Å². The Morgan fingerprint density at radius 1 is 1.12 bits per heavy atom. The lowest BCUT2D eigenvalue weighted by Gasteiger charge is -2.16. The van der Waals surface area contributed by atoms with E-state index in [0.29, 0.717) is 19.4 Å². The summed E-state index contributed by atoms with van der Waals surface area (Å²) in [5, 5.41) is 3.45. The van der Waals surface area contributed by atoms with Crippen LogP contribution in [0.5, 0.6) is 5.75 Å². The molecule has 0 radical (unpaired) electrons. The monoisotopic (exact) mass is 237 g/mol. The molecule has 0 bridgehead atoms. The maximum atomic E-state index is 5.43. The molecule has 0 amide bonds. The van der Waals surface area contributed by atoms with Crippen molar-refractivity contribution in [1.82, 2.24) is 5.32 Å². The summed E-state index contributed by atoms with van der Waals surface area (Å²) in [6, 6.07) is 8.64. The molecule has 1 aromatic carbocycles. The number of hydrogen-bond donors (Lipinski definition) is 1. The van der Waals surface area contributed by atoms with E-state index in [4.69, 9.17) is 9.47 Å². The van der Waals surface area contributed by atoms with Crippen molar-refractivity contribution in [3.8, 4) is 5.75 Å². The first-order chi connectivity index (χ1) is 8.31. The predicted octanol–water partition coefficient (Wildman–Crippen LogP) is 3.12. The lowest BCUT2D eigenvalue weighted by atomic mass is 10.0. The fraction of sp³-hybridized carbons (Fsp3) is 0.571. The summed E-state index contributed by atoms with van der Waals surface area (Å²) in [6.45, 7) is 8.25. The molecule has 96 valence electrons. The minimum absolute atomic E-state index is 0.320. The van der Waals surface area contributed by atoms with Crippen LogP contribution in [0.15, 0.2) is 24.3 Å². The van der Waals surface area contributed by atoms with Crippen LogP contribution in [0.25, 0.3) is 0 Å². The van der Waals surface area contributed by atoms with E-state index in [1.165, 1.54) is 5.56 Å². The SMILES string of the molecule is CCNC(CC)c1ccc(OCOCC)cc1. The van der Waals surface area contributed by atoms with E-state index >= 15 is 0 Å². The number of ether oxygens (including phenoxy) is 2. The molecule has 0 saturated carbocycles. The first-order valence-corrected chi connectivity index (χ1v) is 6.35. The summed E-state index contributed by atoms with van der Waals surface area (Å²) in [5.41, 5.74) is 1.30. The third-order valence-electron chi connectivity index (χ3n) is 2.65. The Kier molecular flexibility index (Phi) is 6.67. The molecule has 1 atom stereocenters. The molecule has 0 aliphatic carbocycles. The van der Waals surface area contributed by atoms with Crippen LogP contribution < -0.4 is 10.1 Å². The second-order valence-electron chi connectivity index (χ2n) is 3.84. The van der Waals surface area contributed by atoms with Crippen LogP contribution in [-0.2, 0) is 4.74 Å². The summed E-state index contributed by atoms with van der Waals surface area (Å²) >= 11 is 0. The fourth-order valence-electron chi connectivity index (χ4n) is 1.73. The van der Waals surface area contributed by atoms with Crippen molar-refractivity contribution in [3.05, 3.63) is 29.8 Å². The van der Waals surface area contributed by atoms with Gasteiger partial charge in [0, 0.05) is 12.6 Å². The Morgan fingerprint density at radius 3 is 2.35 bits per heavy atom. The van der Waals surface area contributed by atoms with Gasteiger partial charge in [0.05, 0.1) is 0 Å². The molecule has 0 aliphatic heterocycles. The average molecular weight is 237 g/mol. The van der Waals surface area contributed by atoms with Gasteiger partial charge < -0.3 is 14.8 Å². The van der Waals surface area contributed by atoms with E-state index < -0.39 is 0 Å². The molecule has 0 saturated heterocycles. The highest BCUT2D eigenvalue weighted by Gasteiger charge is 2.07. The van der Waals surface area contributed by atoms with E-state index in [-0.39, 0.29) is 0 Å². The quantitative estimate of drug-likeness (QED) is 0.556. The molecular formula is C14H23NO2.